The molecule has 142 valence electrons. The van der Waals surface area contributed by atoms with E-state index in [0.29, 0.717) is 0 Å². The summed E-state index contributed by atoms with van der Waals surface area (Å²) in [5.74, 6) is 0. The molecule has 0 aromatic heterocycles. The Kier molecular flexibility index (Phi) is 6.54. The van der Waals surface area contributed by atoms with Crippen molar-refractivity contribution in [3.63, 3.8) is 0 Å². The maximum atomic E-state index is 6.01. The Morgan fingerprint density at radius 3 is 1.44 bits per heavy atom. The molecule has 1 rings (SSSR count). The summed E-state index contributed by atoms with van der Waals surface area (Å²) in [7, 11) is -0.856. The summed E-state index contributed by atoms with van der Waals surface area (Å²) in [6.45, 7) is 27.1. The molecule has 0 atom stereocenters. The highest BCUT2D eigenvalue weighted by molar-refractivity contribution is 7.24. The molecule has 0 fully saturated rings. The first kappa shape index (κ1) is 22.5. The van der Waals surface area contributed by atoms with E-state index < -0.39 is 8.32 Å². The van der Waals surface area contributed by atoms with Gasteiger partial charge in [-0.05, 0) is 52.6 Å². The lowest BCUT2D eigenvalue weighted by molar-refractivity contribution is 0.550. The Morgan fingerprint density at radius 1 is 0.760 bits per heavy atom. The van der Waals surface area contributed by atoms with Gasteiger partial charge in [-0.15, -0.1) is 0 Å². The molecule has 4 heteroatoms. The minimum atomic E-state index is -1.58. The largest absolute Gasteiger partial charge is 0.354 e. The third-order valence-corrected chi connectivity index (χ3v) is 6.85. The molecule has 2 nitrogen and oxygen atoms in total. The minimum Gasteiger partial charge on any atom is -0.354 e. The van der Waals surface area contributed by atoms with Crippen molar-refractivity contribution in [3.8, 4) is 0 Å². The molecule has 0 aliphatic heterocycles. The van der Waals surface area contributed by atoms with E-state index in [1.807, 2.05) is 0 Å². The number of nitrogens with zero attached hydrogens (tertiary/aromatic N) is 1. The first-order chi connectivity index (χ1) is 10.9. The highest BCUT2D eigenvalue weighted by Crippen LogP contribution is 2.44. The van der Waals surface area contributed by atoms with Gasteiger partial charge in [-0.3, -0.25) is 0 Å². The molecule has 0 N–H and O–H groups in total. The molecule has 0 saturated heterocycles. The fraction of sp³-hybridized carbons (Fsp3) is 0.714. The molecular weight excluding hydrogens is 341 g/mol. The van der Waals surface area contributed by atoms with Crippen LogP contribution in [0.3, 0.4) is 0 Å². The van der Waals surface area contributed by atoms with Gasteiger partial charge in [-0.1, -0.05) is 74.4 Å². The van der Waals surface area contributed by atoms with Crippen molar-refractivity contribution in [2.75, 3.05) is 0 Å². The van der Waals surface area contributed by atoms with Crippen LogP contribution < -0.4 is 0 Å². The zero-order chi connectivity index (χ0) is 19.8. The van der Waals surface area contributed by atoms with Crippen LogP contribution >= 0.6 is 8.60 Å². The quantitative estimate of drug-likeness (QED) is 0.384. The summed E-state index contributed by atoms with van der Waals surface area (Å²) >= 11 is 0. The smallest absolute Gasteiger partial charge is 0.198 e. The van der Waals surface area contributed by atoms with Gasteiger partial charge < -0.3 is 4.21 Å². The fourth-order valence-electron chi connectivity index (χ4n) is 2.50. The van der Waals surface area contributed by atoms with Crippen molar-refractivity contribution >= 4 is 22.6 Å². The second-order valence-corrected chi connectivity index (χ2v) is 16.4. The van der Waals surface area contributed by atoms with Gasteiger partial charge in [0, 0.05) is 0 Å². The lowest BCUT2D eigenvalue weighted by atomic mass is 9.74. The Hall–Kier alpha value is -0.503. The van der Waals surface area contributed by atoms with Crippen LogP contribution in [0.4, 0.5) is 5.69 Å². The summed E-state index contributed by atoms with van der Waals surface area (Å²) in [5, 5.41) is 0. The average Bonchev–Trinajstić information content (AvgIpc) is 2.33. The topological polar surface area (TPSA) is 21.6 Å². The van der Waals surface area contributed by atoms with E-state index >= 15 is 0 Å². The van der Waals surface area contributed by atoms with Gasteiger partial charge in [-0.2, -0.15) is 0 Å². The predicted molar refractivity (Wildman–Crippen MR) is 116 cm³/mol. The van der Waals surface area contributed by atoms with Gasteiger partial charge in [-0.25, -0.2) is 4.74 Å². The van der Waals surface area contributed by atoms with Crippen molar-refractivity contribution < 1.29 is 4.21 Å². The molecule has 1 aromatic carbocycles. The van der Waals surface area contributed by atoms with Gasteiger partial charge in [0.05, 0.1) is 5.69 Å². The molecule has 0 amide bonds. The van der Waals surface area contributed by atoms with Crippen molar-refractivity contribution in [2.45, 2.75) is 98.2 Å². The van der Waals surface area contributed by atoms with E-state index in [9.17, 15) is 0 Å². The zero-order valence-corrected chi connectivity index (χ0v) is 20.4. The lowest BCUT2D eigenvalue weighted by Crippen LogP contribution is -2.21. The number of hydrogen-bond acceptors (Lipinski definition) is 2. The van der Waals surface area contributed by atoms with E-state index in [-0.39, 0.29) is 16.2 Å². The molecule has 0 saturated carbocycles. The molecular formula is C21H38NOPSi. The van der Waals surface area contributed by atoms with Crippen LogP contribution in [-0.2, 0) is 20.5 Å². The molecule has 0 heterocycles. The highest BCUT2D eigenvalue weighted by Gasteiger charge is 2.29. The second kappa shape index (κ2) is 7.25. The molecule has 0 bridgehead atoms. The number of benzene rings is 1. The van der Waals surface area contributed by atoms with Crippen LogP contribution in [0.2, 0.25) is 19.6 Å². The van der Waals surface area contributed by atoms with Gasteiger partial charge in [0.1, 0.15) is 0 Å². The van der Waals surface area contributed by atoms with E-state index in [0.717, 1.165) is 14.3 Å². The highest BCUT2D eigenvalue weighted by atomic mass is 31.1. The summed E-state index contributed by atoms with van der Waals surface area (Å²) in [4.78, 5) is 0. The van der Waals surface area contributed by atoms with Crippen LogP contribution in [0.15, 0.2) is 16.9 Å². The van der Waals surface area contributed by atoms with Crippen LogP contribution in [0.5, 0.6) is 0 Å². The first-order valence-electron chi connectivity index (χ1n) is 9.22. The molecule has 1 aromatic rings. The van der Waals surface area contributed by atoms with E-state index in [2.05, 4.69) is 94.1 Å². The summed E-state index contributed by atoms with van der Waals surface area (Å²) in [5.41, 5.74) is 5.32. The molecule has 25 heavy (non-hydrogen) atoms. The molecule has 0 aliphatic carbocycles. The van der Waals surface area contributed by atoms with Gasteiger partial charge in [0.25, 0.3) is 0 Å². The van der Waals surface area contributed by atoms with E-state index in [4.69, 9.17) is 8.96 Å². The standard InChI is InChI=1S/C21H38NOPSi/c1-19(2,3)15-13-16(20(4,5)6)18(17(14-15)21(7,8)9)22-24-23-25(10,11)12/h13-14H,1-12H3. The molecule has 0 unspecified atom stereocenters. The second-order valence-electron chi connectivity index (χ2n) is 11.1. The van der Waals surface area contributed by atoms with Crippen LogP contribution in [-0.4, -0.2) is 8.32 Å². The minimum absolute atomic E-state index is 0.0365. The van der Waals surface area contributed by atoms with Gasteiger partial charge in [0.15, 0.2) is 16.9 Å². The predicted octanol–water partition coefficient (Wildman–Crippen LogP) is 8.11. The first-order valence-corrected chi connectivity index (χ1v) is 13.4. The monoisotopic (exact) mass is 379 g/mol. The van der Waals surface area contributed by atoms with Crippen LogP contribution in [0, 0.1) is 0 Å². The summed E-state index contributed by atoms with van der Waals surface area (Å²) in [6, 6.07) is 4.72. The van der Waals surface area contributed by atoms with E-state index in [1.54, 1.807) is 0 Å². The summed E-state index contributed by atoms with van der Waals surface area (Å²) < 4.78 is 10.9. The number of hydrogen-bond donors (Lipinski definition) is 0. The van der Waals surface area contributed by atoms with Crippen molar-refractivity contribution in [3.05, 3.63) is 28.8 Å². The average molecular weight is 380 g/mol. The SMILES string of the molecule is CC(C)(C)c1cc(C(C)(C)C)c(N=PO[Si](C)(C)C)c(C(C)(C)C)c1. The molecule has 0 spiro atoms. The Bertz CT molecular complexity index is 603. The maximum absolute atomic E-state index is 6.01. The fourth-order valence-corrected chi connectivity index (χ4v) is 3.94. The Balaban J connectivity index is 3.71. The summed E-state index contributed by atoms with van der Waals surface area (Å²) in [6.07, 6.45) is 0. The number of rotatable bonds is 3. The van der Waals surface area contributed by atoms with Crippen LogP contribution in [0.1, 0.15) is 79.0 Å². The maximum Gasteiger partial charge on any atom is 0.198 e. The van der Waals surface area contributed by atoms with Crippen molar-refractivity contribution in [2.24, 2.45) is 4.74 Å². The Labute approximate surface area is 158 Å². The normalized spacial score (nSPS) is 14.4. The Morgan fingerprint density at radius 2 is 1.16 bits per heavy atom. The van der Waals surface area contributed by atoms with Crippen molar-refractivity contribution in [1.82, 2.24) is 0 Å². The van der Waals surface area contributed by atoms with Gasteiger partial charge in [0.2, 0.25) is 0 Å². The van der Waals surface area contributed by atoms with E-state index in [1.165, 1.54) is 16.7 Å². The zero-order valence-electron chi connectivity index (χ0n) is 18.5. The lowest BCUT2D eigenvalue weighted by Gasteiger charge is -2.32. The van der Waals surface area contributed by atoms with Crippen LogP contribution in [0.25, 0.3) is 0 Å². The molecule has 0 radical (unpaired) electrons. The van der Waals surface area contributed by atoms with Gasteiger partial charge >= 0.3 is 0 Å². The third kappa shape index (κ3) is 6.62. The molecule has 0 aliphatic rings. The van der Waals surface area contributed by atoms with Crippen molar-refractivity contribution in [1.29, 1.82) is 0 Å². The third-order valence-electron chi connectivity index (χ3n) is 4.05.